The van der Waals surface area contributed by atoms with E-state index in [0.29, 0.717) is 17.7 Å². The first kappa shape index (κ1) is 21.8. The molecule has 0 saturated carbocycles. The first-order valence-electron chi connectivity index (χ1n) is 8.91. The highest BCUT2D eigenvalue weighted by atomic mass is 19.4. The van der Waals surface area contributed by atoms with E-state index < -0.39 is 28.6 Å². The number of rotatable bonds is 4. The number of halogens is 3. The van der Waals surface area contributed by atoms with E-state index in [1.807, 2.05) is 0 Å². The monoisotopic (exact) mass is 431 g/mol. The topological polar surface area (TPSA) is 107 Å². The summed E-state index contributed by atoms with van der Waals surface area (Å²) in [4.78, 5) is 43.4. The zero-order valence-electron chi connectivity index (χ0n) is 15.8. The number of hydrogen-bond donors (Lipinski definition) is 2. The molecule has 3 N–H and O–H groups in total. The maximum Gasteiger partial charge on any atom is 0.493 e. The largest absolute Gasteiger partial charge is 0.493 e. The minimum Gasteiger partial charge on any atom is -0.326 e. The number of carbonyl (C=O) groups excluding carboxylic acids is 1. The van der Waals surface area contributed by atoms with Crippen LogP contribution in [0.5, 0.6) is 0 Å². The normalized spacial score (nSPS) is 12.8. The lowest BCUT2D eigenvalue weighted by Gasteiger charge is -2.09. The SMILES string of the molecule is NCc1ccc(/C=c2\[nH]c(=O)/c(=C/c3ccccc3)n(OC(=O)C(F)(F)F)c2=O)cc1. The van der Waals surface area contributed by atoms with Gasteiger partial charge in [0.25, 0.3) is 5.56 Å². The van der Waals surface area contributed by atoms with Gasteiger partial charge in [-0.25, -0.2) is 4.79 Å². The van der Waals surface area contributed by atoms with Crippen molar-refractivity contribution in [2.45, 2.75) is 12.7 Å². The third kappa shape index (κ3) is 5.17. The number of nitrogens with zero attached hydrogens (tertiary/aromatic N) is 1. The molecule has 0 spiro atoms. The molecule has 0 bridgehead atoms. The first-order chi connectivity index (χ1) is 14.7. The molecule has 3 aromatic rings. The molecule has 160 valence electrons. The number of aromatic nitrogens is 2. The van der Waals surface area contributed by atoms with Crippen LogP contribution in [0.15, 0.2) is 64.2 Å². The molecule has 3 rings (SSSR count). The van der Waals surface area contributed by atoms with Crippen LogP contribution in [0.25, 0.3) is 12.2 Å². The Morgan fingerprint density at radius 2 is 1.61 bits per heavy atom. The van der Waals surface area contributed by atoms with Gasteiger partial charge in [-0.1, -0.05) is 54.6 Å². The van der Waals surface area contributed by atoms with Crippen molar-refractivity contribution in [2.24, 2.45) is 5.73 Å². The number of alkyl halides is 3. The van der Waals surface area contributed by atoms with Gasteiger partial charge < -0.3 is 15.6 Å². The third-order valence-corrected chi connectivity index (χ3v) is 4.15. The molecule has 31 heavy (non-hydrogen) atoms. The maximum atomic E-state index is 12.8. The molecular weight excluding hydrogens is 415 g/mol. The second-order valence-electron chi connectivity index (χ2n) is 6.37. The van der Waals surface area contributed by atoms with Crippen LogP contribution in [0.3, 0.4) is 0 Å². The Bertz CT molecular complexity index is 1330. The number of hydrogen-bond acceptors (Lipinski definition) is 5. The van der Waals surface area contributed by atoms with Crippen LogP contribution in [0.2, 0.25) is 0 Å². The van der Waals surface area contributed by atoms with E-state index >= 15 is 0 Å². The maximum absolute atomic E-state index is 12.8. The Morgan fingerprint density at radius 1 is 1.00 bits per heavy atom. The summed E-state index contributed by atoms with van der Waals surface area (Å²) in [5, 5.41) is -0.949. The van der Waals surface area contributed by atoms with Gasteiger partial charge in [-0.3, -0.25) is 9.59 Å². The molecule has 0 aliphatic heterocycles. The summed E-state index contributed by atoms with van der Waals surface area (Å²) in [7, 11) is 0. The molecule has 0 aliphatic rings. The fourth-order valence-corrected chi connectivity index (χ4v) is 2.62. The molecule has 0 aliphatic carbocycles. The summed E-state index contributed by atoms with van der Waals surface area (Å²) >= 11 is 0. The van der Waals surface area contributed by atoms with Gasteiger partial charge in [0.1, 0.15) is 5.35 Å². The van der Waals surface area contributed by atoms with Gasteiger partial charge in [-0.05, 0) is 28.8 Å². The van der Waals surface area contributed by atoms with E-state index in [9.17, 15) is 27.6 Å². The van der Waals surface area contributed by atoms with E-state index in [4.69, 9.17) is 5.73 Å². The Labute approximate surface area is 172 Å². The molecule has 0 saturated heterocycles. The number of H-pyrrole nitrogens is 1. The average molecular weight is 431 g/mol. The highest BCUT2D eigenvalue weighted by molar-refractivity contribution is 5.75. The Kier molecular flexibility index (Phi) is 6.21. The quantitative estimate of drug-likeness (QED) is 0.613. The number of nitrogens with two attached hydrogens (primary N) is 1. The summed E-state index contributed by atoms with van der Waals surface area (Å²) in [6, 6.07) is 14.6. The van der Waals surface area contributed by atoms with Gasteiger partial charge in [0, 0.05) is 6.54 Å². The fourth-order valence-electron chi connectivity index (χ4n) is 2.62. The van der Waals surface area contributed by atoms with Crippen molar-refractivity contribution in [1.82, 2.24) is 9.71 Å². The molecule has 0 radical (unpaired) electrons. The highest BCUT2D eigenvalue weighted by Gasteiger charge is 2.42. The van der Waals surface area contributed by atoms with Crippen LogP contribution in [0, 0.1) is 0 Å². The van der Waals surface area contributed by atoms with Gasteiger partial charge in [0.2, 0.25) is 0 Å². The minimum atomic E-state index is -5.37. The lowest BCUT2D eigenvalue weighted by Crippen LogP contribution is -2.57. The van der Waals surface area contributed by atoms with Crippen molar-refractivity contribution in [1.29, 1.82) is 0 Å². The first-order valence-corrected chi connectivity index (χ1v) is 8.91. The van der Waals surface area contributed by atoms with Crippen LogP contribution >= 0.6 is 0 Å². The van der Waals surface area contributed by atoms with E-state index in [1.54, 1.807) is 54.6 Å². The standard InChI is InChI=1S/C21H16F3N3O4/c22-21(23,24)20(30)31-27-17(11-13-4-2-1-3-5-13)18(28)26-16(19(27)29)10-14-6-8-15(12-25)9-7-14/h1-11H,12,25H2,(H,26,28)/b16-10-,17-11-. The van der Waals surface area contributed by atoms with Crippen molar-refractivity contribution in [3.63, 3.8) is 0 Å². The van der Waals surface area contributed by atoms with Crippen molar-refractivity contribution in [3.8, 4) is 0 Å². The smallest absolute Gasteiger partial charge is 0.326 e. The highest BCUT2D eigenvalue weighted by Crippen LogP contribution is 2.14. The van der Waals surface area contributed by atoms with Crippen LogP contribution in [-0.2, 0) is 11.3 Å². The van der Waals surface area contributed by atoms with Gasteiger partial charge in [-0.15, -0.1) is 4.73 Å². The van der Waals surface area contributed by atoms with E-state index in [2.05, 4.69) is 9.82 Å². The average Bonchev–Trinajstić information content (AvgIpc) is 2.74. The molecule has 1 heterocycles. The van der Waals surface area contributed by atoms with Gasteiger partial charge >= 0.3 is 17.7 Å². The molecule has 7 nitrogen and oxygen atoms in total. The van der Waals surface area contributed by atoms with Gasteiger partial charge in [0.15, 0.2) is 5.35 Å². The molecule has 0 fully saturated rings. The number of aromatic amines is 1. The van der Waals surface area contributed by atoms with E-state index in [0.717, 1.165) is 11.6 Å². The van der Waals surface area contributed by atoms with Crippen molar-refractivity contribution >= 4 is 18.1 Å². The Morgan fingerprint density at radius 3 is 2.19 bits per heavy atom. The second kappa shape index (κ2) is 8.84. The molecule has 1 aromatic heterocycles. The predicted molar refractivity (Wildman–Crippen MR) is 106 cm³/mol. The van der Waals surface area contributed by atoms with Gasteiger partial charge in [0.05, 0.1) is 0 Å². The van der Waals surface area contributed by atoms with E-state index in [-0.39, 0.29) is 10.1 Å². The number of carbonyl (C=O) groups is 1. The zero-order valence-corrected chi connectivity index (χ0v) is 15.8. The number of nitrogens with one attached hydrogen (secondary N) is 1. The van der Waals surface area contributed by atoms with Crippen LogP contribution < -0.4 is 32.4 Å². The molecule has 0 atom stereocenters. The summed E-state index contributed by atoms with van der Waals surface area (Å²) in [6.45, 7) is 0.293. The summed E-state index contributed by atoms with van der Waals surface area (Å²) < 4.78 is 38.3. The Balaban J connectivity index is 2.25. The minimum absolute atomic E-state index is 0.0434. The summed E-state index contributed by atoms with van der Waals surface area (Å²) in [5.74, 6) is -2.64. The number of benzene rings is 2. The summed E-state index contributed by atoms with van der Waals surface area (Å²) in [6.07, 6.45) is -2.99. The van der Waals surface area contributed by atoms with Crippen molar-refractivity contribution in [2.75, 3.05) is 0 Å². The van der Waals surface area contributed by atoms with Crippen molar-refractivity contribution < 1.29 is 22.8 Å². The molecular formula is C21H16F3N3O4. The predicted octanol–water partition coefficient (Wildman–Crippen LogP) is 0.170. The lowest BCUT2D eigenvalue weighted by molar-refractivity contribution is -0.200. The van der Waals surface area contributed by atoms with Gasteiger partial charge in [-0.2, -0.15) is 13.2 Å². The van der Waals surface area contributed by atoms with Crippen molar-refractivity contribution in [3.05, 3.63) is 103 Å². The van der Waals surface area contributed by atoms with Crippen LogP contribution in [-0.4, -0.2) is 21.9 Å². The lowest BCUT2D eigenvalue weighted by atomic mass is 10.1. The molecule has 2 aromatic carbocycles. The fraction of sp³-hybridized carbons (Fsp3) is 0.0952. The molecule has 0 unspecified atom stereocenters. The molecule has 10 heteroatoms. The summed E-state index contributed by atoms with van der Waals surface area (Å²) in [5.41, 5.74) is 5.13. The third-order valence-electron chi connectivity index (χ3n) is 4.15. The van der Waals surface area contributed by atoms with E-state index in [1.165, 1.54) is 6.08 Å². The van der Waals surface area contributed by atoms with Crippen LogP contribution in [0.1, 0.15) is 16.7 Å². The zero-order chi connectivity index (χ0) is 22.6. The Hall–Kier alpha value is -3.92. The van der Waals surface area contributed by atoms with Crippen LogP contribution in [0.4, 0.5) is 13.2 Å². The molecule has 0 amide bonds. The second-order valence-corrected chi connectivity index (χ2v) is 6.37.